The second-order valence-electron chi connectivity index (χ2n) is 10.3. The minimum Gasteiger partial charge on any atom is -0.320 e. The molecular weight excluding hydrogens is 434 g/mol. The fourth-order valence-corrected chi connectivity index (χ4v) is 6.00. The predicted molar refractivity (Wildman–Crippen MR) is 143 cm³/mol. The SMILES string of the molecule is CN(CC1CCCCN1C/C=C\CN1c2ccccc2C(=O)Nc2cccnc21)C1CCCCC1. The molecule has 35 heavy (non-hydrogen) atoms. The Kier molecular flexibility index (Phi) is 7.79. The van der Waals surface area contributed by atoms with Crippen LogP contribution in [0, 0.1) is 0 Å². The number of anilines is 3. The van der Waals surface area contributed by atoms with Gasteiger partial charge in [-0.3, -0.25) is 9.69 Å². The summed E-state index contributed by atoms with van der Waals surface area (Å²) in [4.78, 5) is 24.9. The fraction of sp³-hybridized carbons (Fsp3) is 0.517. The lowest BCUT2D eigenvalue weighted by molar-refractivity contribution is 0.0960. The van der Waals surface area contributed by atoms with Crippen molar-refractivity contribution in [2.24, 2.45) is 0 Å². The first-order chi connectivity index (χ1) is 17.2. The summed E-state index contributed by atoms with van der Waals surface area (Å²) in [6, 6.07) is 13.0. The number of fused-ring (bicyclic) bond motifs is 2. The molecule has 1 aromatic heterocycles. The standard InChI is InChI=1S/C29H39N5O/c1-32(23-12-3-2-4-13-23)22-24-14-7-8-19-33(24)20-9-10-21-34-27-17-6-5-15-25(27)29(35)31-26-16-11-18-30-28(26)34/h5-6,9-11,15-18,23-24H,2-4,7-8,12-14,19-22H2,1H3,(H,31,35)/b10-9-. The maximum absolute atomic E-state index is 12.8. The van der Waals surface area contributed by atoms with Gasteiger partial charge >= 0.3 is 0 Å². The number of carbonyl (C=O) groups is 1. The van der Waals surface area contributed by atoms with Gasteiger partial charge in [0.15, 0.2) is 5.82 Å². The van der Waals surface area contributed by atoms with Gasteiger partial charge in [0.05, 0.1) is 16.9 Å². The van der Waals surface area contributed by atoms with Gasteiger partial charge in [0, 0.05) is 37.9 Å². The van der Waals surface area contributed by atoms with Crippen LogP contribution >= 0.6 is 0 Å². The molecule has 3 aliphatic rings. The highest BCUT2D eigenvalue weighted by molar-refractivity contribution is 6.12. The van der Waals surface area contributed by atoms with Crippen molar-refractivity contribution in [1.29, 1.82) is 0 Å². The van der Waals surface area contributed by atoms with Gasteiger partial charge in [-0.1, -0.05) is 50.0 Å². The number of pyridine rings is 1. The number of benzene rings is 1. The van der Waals surface area contributed by atoms with Crippen LogP contribution < -0.4 is 10.2 Å². The van der Waals surface area contributed by atoms with E-state index in [9.17, 15) is 4.79 Å². The van der Waals surface area contributed by atoms with Crippen molar-refractivity contribution in [2.45, 2.75) is 63.5 Å². The number of nitrogens with one attached hydrogen (secondary N) is 1. The minimum atomic E-state index is -0.0837. The molecule has 5 rings (SSSR count). The number of hydrogen-bond acceptors (Lipinski definition) is 5. The summed E-state index contributed by atoms with van der Waals surface area (Å²) in [5, 5.41) is 3.02. The van der Waals surface area contributed by atoms with Crippen LogP contribution in [-0.4, -0.2) is 66.0 Å². The number of likely N-dealkylation sites (tertiary alicyclic amines) is 1. The first-order valence-electron chi connectivity index (χ1n) is 13.4. The molecular formula is C29H39N5O. The van der Waals surface area contributed by atoms with E-state index >= 15 is 0 Å². The zero-order chi connectivity index (χ0) is 24.0. The van der Waals surface area contributed by atoms with E-state index in [-0.39, 0.29) is 5.91 Å². The Morgan fingerprint density at radius 1 is 1.00 bits per heavy atom. The molecule has 2 aromatic rings. The Hall–Kier alpha value is -2.70. The number of hydrogen-bond donors (Lipinski definition) is 1. The van der Waals surface area contributed by atoms with Crippen molar-refractivity contribution >= 4 is 23.1 Å². The lowest BCUT2D eigenvalue weighted by Crippen LogP contribution is -2.48. The molecule has 1 aliphatic carbocycles. The van der Waals surface area contributed by atoms with E-state index in [1.165, 1.54) is 64.5 Å². The third-order valence-electron chi connectivity index (χ3n) is 7.97. The zero-order valence-electron chi connectivity index (χ0n) is 21.0. The van der Waals surface area contributed by atoms with Crippen molar-refractivity contribution in [3.8, 4) is 0 Å². The number of rotatable bonds is 7. The summed E-state index contributed by atoms with van der Waals surface area (Å²) >= 11 is 0. The van der Waals surface area contributed by atoms with Crippen molar-refractivity contribution < 1.29 is 4.79 Å². The Morgan fingerprint density at radius 3 is 2.69 bits per heavy atom. The molecule has 1 unspecified atom stereocenters. The van der Waals surface area contributed by atoms with Crippen LogP contribution in [0.3, 0.4) is 0 Å². The van der Waals surface area contributed by atoms with Crippen LogP contribution in [0.2, 0.25) is 0 Å². The quantitative estimate of drug-likeness (QED) is 0.541. The van der Waals surface area contributed by atoms with Gasteiger partial charge in [0.25, 0.3) is 5.91 Å². The van der Waals surface area contributed by atoms with Crippen LogP contribution in [-0.2, 0) is 0 Å². The van der Waals surface area contributed by atoms with Crippen molar-refractivity contribution in [1.82, 2.24) is 14.8 Å². The number of para-hydroxylation sites is 1. The molecule has 1 aromatic carbocycles. The summed E-state index contributed by atoms with van der Waals surface area (Å²) in [6.07, 6.45) is 17.2. The van der Waals surface area contributed by atoms with Crippen molar-refractivity contribution in [3.05, 3.63) is 60.3 Å². The van der Waals surface area contributed by atoms with Crippen LogP contribution in [0.1, 0.15) is 61.7 Å². The number of nitrogens with zero attached hydrogens (tertiary/aromatic N) is 4. The minimum absolute atomic E-state index is 0.0837. The lowest BCUT2D eigenvalue weighted by Gasteiger charge is -2.40. The molecule has 1 N–H and O–H groups in total. The van der Waals surface area contributed by atoms with Gasteiger partial charge in [-0.2, -0.15) is 0 Å². The van der Waals surface area contributed by atoms with E-state index in [4.69, 9.17) is 0 Å². The Morgan fingerprint density at radius 2 is 1.80 bits per heavy atom. The predicted octanol–water partition coefficient (Wildman–Crippen LogP) is 5.46. The molecule has 3 heterocycles. The highest BCUT2D eigenvalue weighted by Crippen LogP contribution is 2.35. The van der Waals surface area contributed by atoms with Gasteiger partial charge < -0.3 is 15.1 Å². The average molecular weight is 474 g/mol. The molecule has 0 bridgehead atoms. The van der Waals surface area contributed by atoms with Crippen LogP contribution in [0.5, 0.6) is 0 Å². The second-order valence-corrected chi connectivity index (χ2v) is 10.3. The van der Waals surface area contributed by atoms with Gasteiger partial charge in [-0.15, -0.1) is 0 Å². The summed E-state index contributed by atoms with van der Waals surface area (Å²) < 4.78 is 0. The molecule has 6 nitrogen and oxygen atoms in total. The van der Waals surface area contributed by atoms with Crippen molar-refractivity contribution in [2.75, 3.05) is 43.4 Å². The molecule has 2 aliphatic heterocycles. The van der Waals surface area contributed by atoms with Crippen LogP contribution in [0.4, 0.5) is 17.2 Å². The molecule has 2 fully saturated rings. The van der Waals surface area contributed by atoms with Gasteiger partial charge in [-0.05, 0) is 63.5 Å². The molecule has 6 heteroatoms. The number of carbonyl (C=O) groups excluding carboxylic acids is 1. The lowest BCUT2D eigenvalue weighted by atomic mass is 9.93. The molecule has 1 amide bonds. The number of amides is 1. The molecule has 1 saturated carbocycles. The number of likely N-dealkylation sites (N-methyl/N-ethyl adjacent to an activating group) is 1. The molecule has 1 atom stereocenters. The topological polar surface area (TPSA) is 51.7 Å². The molecule has 1 saturated heterocycles. The van der Waals surface area contributed by atoms with Gasteiger partial charge in [-0.25, -0.2) is 4.98 Å². The monoisotopic (exact) mass is 473 g/mol. The smallest absolute Gasteiger partial charge is 0.257 e. The maximum atomic E-state index is 12.8. The zero-order valence-corrected chi connectivity index (χ0v) is 21.0. The molecule has 0 spiro atoms. The largest absolute Gasteiger partial charge is 0.320 e. The van der Waals surface area contributed by atoms with Crippen molar-refractivity contribution in [3.63, 3.8) is 0 Å². The first-order valence-corrected chi connectivity index (χ1v) is 13.4. The van der Waals surface area contributed by atoms with E-state index in [0.29, 0.717) is 18.2 Å². The van der Waals surface area contributed by atoms with Crippen LogP contribution in [0.25, 0.3) is 0 Å². The summed E-state index contributed by atoms with van der Waals surface area (Å²) in [5.41, 5.74) is 2.33. The summed E-state index contributed by atoms with van der Waals surface area (Å²) in [7, 11) is 2.34. The molecule has 186 valence electrons. The highest BCUT2D eigenvalue weighted by Gasteiger charge is 2.27. The number of aromatic nitrogens is 1. The van der Waals surface area contributed by atoms with Gasteiger partial charge in [0.1, 0.15) is 0 Å². The maximum Gasteiger partial charge on any atom is 0.257 e. The van der Waals surface area contributed by atoms with Crippen LogP contribution in [0.15, 0.2) is 54.7 Å². The van der Waals surface area contributed by atoms with Gasteiger partial charge in [0.2, 0.25) is 0 Å². The van der Waals surface area contributed by atoms with E-state index in [2.05, 4.69) is 44.2 Å². The summed E-state index contributed by atoms with van der Waals surface area (Å²) in [6.45, 7) is 4.02. The van der Waals surface area contributed by atoms with E-state index < -0.39 is 0 Å². The highest BCUT2D eigenvalue weighted by atomic mass is 16.1. The molecule has 0 radical (unpaired) electrons. The normalized spacial score (nSPS) is 21.6. The Bertz CT molecular complexity index is 1030. The average Bonchev–Trinajstić information content (AvgIpc) is 3.02. The van der Waals surface area contributed by atoms with E-state index in [1.807, 2.05) is 36.4 Å². The fourth-order valence-electron chi connectivity index (χ4n) is 6.00. The first kappa shape index (κ1) is 24.0. The Labute approximate surface area is 210 Å². The van der Waals surface area contributed by atoms with E-state index in [0.717, 1.165) is 29.8 Å². The number of piperidine rings is 1. The second kappa shape index (κ2) is 11.4. The van der Waals surface area contributed by atoms with E-state index in [1.54, 1.807) is 6.20 Å². The third kappa shape index (κ3) is 5.60. The third-order valence-corrected chi connectivity index (χ3v) is 7.97. The summed E-state index contributed by atoms with van der Waals surface area (Å²) in [5.74, 6) is 0.708. The Balaban J connectivity index is 1.25.